The molecule has 0 atom stereocenters. The molecule has 0 aliphatic heterocycles. The van der Waals surface area contributed by atoms with Crippen molar-refractivity contribution in [2.75, 3.05) is 20.3 Å². The second-order valence-electron chi connectivity index (χ2n) is 7.32. The van der Waals surface area contributed by atoms with E-state index in [1.165, 1.54) is 10.5 Å². The van der Waals surface area contributed by atoms with Crippen LogP contribution in [-0.2, 0) is 21.8 Å². The molecule has 0 aliphatic carbocycles. The Morgan fingerprint density at radius 1 is 1.04 bits per heavy atom. The lowest BCUT2D eigenvalue weighted by molar-refractivity contribution is 0.0184. The van der Waals surface area contributed by atoms with Crippen molar-refractivity contribution in [3.63, 3.8) is 0 Å². The predicted molar refractivity (Wildman–Crippen MR) is 111 cm³/mol. The molecule has 0 radical (unpaired) electrons. The molecular weight excluding hydrogens is 358 g/mol. The zero-order chi connectivity index (χ0) is 19.7. The van der Waals surface area contributed by atoms with E-state index in [-0.39, 0.29) is 6.09 Å². The van der Waals surface area contributed by atoms with Gasteiger partial charge < -0.3 is 14.4 Å². The SMILES string of the molecule is COCCN(Cc1cccc(SCc2ccccc2)c1)C(=O)OC(C)(C)C. The molecule has 5 heteroatoms. The Labute approximate surface area is 166 Å². The molecule has 4 nitrogen and oxygen atoms in total. The normalized spacial score (nSPS) is 11.3. The Morgan fingerprint density at radius 2 is 1.74 bits per heavy atom. The van der Waals surface area contributed by atoms with E-state index in [0.29, 0.717) is 19.7 Å². The van der Waals surface area contributed by atoms with Gasteiger partial charge in [0.25, 0.3) is 0 Å². The smallest absolute Gasteiger partial charge is 0.410 e. The van der Waals surface area contributed by atoms with Gasteiger partial charge in [0.1, 0.15) is 5.60 Å². The molecule has 0 aromatic heterocycles. The first-order chi connectivity index (χ1) is 12.9. The number of nitrogens with zero attached hydrogens (tertiary/aromatic N) is 1. The molecule has 2 aromatic rings. The summed E-state index contributed by atoms with van der Waals surface area (Å²) in [6.45, 7) is 7.09. The third-order valence-electron chi connectivity index (χ3n) is 3.74. The van der Waals surface area contributed by atoms with Gasteiger partial charge in [-0.2, -0.15) is 0 Å². The molecular formula is C22H29NO3S. The molecule has 0 heterocycles. The fourth-order valence-electron chi connectivity index (χ4n) is 2.46. The van der Waals surface area contributed by atoms with Gasteiger partial charge in [0.2, 0.25) is 0 Å². The largest absolute Gasteiger partial charge is 0.444 e. The summed E-state index contributed by atoms with van der Waals surface area (Å²) in [6.07, 6.45) is -0.318. The van der Waals surface area contributed by atoms with Crippen molar-refractivity contribution in [3.05, 3.63) is 65.7 Å². The Bertz CT molecular complexity index is 713. The van der Waals surface area contributed by atoms with Crippen LogP contribution in [-0.4, -0.2) is 36.9 Å². The van der Waals surface area contributed by atoms with Crippen LogP contribution in [0.3, 0.4) is 0 Å². The van der Waals surface area contributed by atoms with E-state index in [1.54, 1.807) is 23.8 Å². The van der Waals surface area contributed by atoms with Crippen LogP contribution in [0.1, 0.15) is 31.9 Å². The molecule has 27 heavy (non-hydrogen) atoms. The monoisotopic (exact) mass is 387 g/mol. The molecule has 0 saturated heterocycles. The lowest BCUT2D eigenvalue weighted by Gasteiger charge is -2.27. The molecule has 1 amide bonds. The van der Waals surface area contributed by atoms with Crippen LogP contribution in [0.2, 0.25) is 0 Å². The van der Waals surface area contributed by atoms with E-state index in [2.05, 4.69) is 36.4 Å². The zero-order valence-electron chi connectivity index (χ0n) is 16.6. The number of benzene rings is 2. The molecule has 0 bridgehead atoms. The number of rotatable bonds is 8. The number of hydrogen-bond donors (Lipinski definition) is 0. The molecule has 2 rings (SSSR count). The van der Waals surface area contributed by atoms with Gasteiger partial charge in [-0.1, -0.05) is 42.5 Å². The minimum absolute atomic E-state index is 0.318. The van der Waals surface area contributed by atoms with Crippen molar-refractivity contribution in [2.24, 2.45) is 0 Å². The summed E-state index contributed by atoms with van der Waals surface area (Å²) < 4.78 is 10.7. The molecule has 0 fully saturated rings. The second-order valence-corrected chi connectivity index (χ2v) is 8.37. The summed E-state index contributed by atoms with van der Waals surface area (Å²) in [4.78, 5) is 15.4. The van der Waals surface area contributed by atoms with Crippen LogP contribution in [0.5, 0.6) is 0 Å². The van der Waals surface area contributed by atoms with Crippen LogP contribution in [0.15, 0.2) is 59.5 Å². The topological polar surface area (TPSA) is 38.8 Å². The van der Waals surface area contributed by atoms with Gasteiger partial charge in [-0.05, 0) is 44.0 Å². The third-order valence-corrected chi connectivity index (χ3v) is 4.80. The van der Waals surface area contributed by atoms with Gasteiger partial charge in [0.15, 0.2) is 0 Å². The fourth-order valence-corrected chi connectivity index (χ4v) is 3.39. The van der Waals surface area contributed by atoms with E-state index in [1.807, 2.05) is 39.0 Å². The number of ether oxygens (including phenoxy) is 2. The van der Waals surface area contributed by atoms with E-state index in [0.717, 1.165) is 11.3 Å². The van der Waals surface area contributed by atoms with Gasteiger partial charge in [-0.25, -0.2) is 4.79 Å². The summed E-state index contributed by atoms with van der Waals surface area (Å²) in [6, 6.07) is 18.7. The number of carbonyl (C=O) groups is 1. The van der Waals surface area contributed by atoms with Crippen LogP contribution < -0.4 is 0 Å². The van der Waals surface area contributed by atoms with Gasteiger partial charge in [-0.15, -0.1) is 11.8 Å². The van der Waals surface area contributed by atoms with Crippen LogP contribution in [0, 0.1) is 0 Å². The maximum Gasteiger partial charge on any atom is 0.410 e. The first-order valence-corrected chi connectivity index (χ1v) is 10.1. The fraction of sp³-hybridized carbons (Fsp3) is 0.409. The average Bonchev–Trinajstić information content (AvgIpc) is 2.63. The van der Waals surface area contributed by atoms with Gasteiger partial charge >= 0.3 is 6.09 Å². The van der Waals surface area contributed by atoms with Gasteiger partial charge in [-0.3, -0.25) is 0 Å². The van der Waals surface area contributed by atoms with Crippen LogP contribution >= 0.6 is 11.8 Å². The highest BCUT2D eigenvalue weighted by atomic mass is 32.2. The van der Waals surface area contributed by atoms with Crippen LogP contribution in [0.25, 0.3) is 0 Å². The lowest BCUT2D eigenvalue weighted by Crippen LogP contribution is -2.38. The van der Waals surface area contributed by atoms with Crippen molar-refractivity contribution in [3.8, 4) is 0 Å². The quantitative estimate of drug-likeness (QED) is 0.571. The predicted octanol–water partition coefficient (Wildman–Crippen LogP) is 5.36. The Hall–Kier alpha value is -1.98. The number of carbonyl (C=O) groups excluding carboxylic acids is 1. The summed E-state index contributed by atoms with van der Waals surface area (Å²) in [5.41, 5.74) is 1.86. The minimum Gasteiger partial charge on any atom is -0.444 e. The molecule has 146 valence electrons. The Morgan fingerprint density at radius 3 is 2.41 bits per heavy atom. The molecule has 0 unspecified atom stereocenters. The maximum atomic E-state index is 12.5. The second kappa shape index (κ2) is 10.4. The first-order valence-electron chi connectivity index (χ1n) is 9.10. The molecule has 0 saturated carbocycles. The lowest BCUT2D eigenvalue weighted by atomic mass is 10.2. The van der Waals surface area contributed by atoms with Crippen molar-refractivity contribution in [1.29, 1.82) is 0 Å². The molecule has 0 spiro atoms. The Balaban J connectivity index is 2.02. The van der Waals surface area contributed by atoms with Crippen molar-refractivity contribution in [2.45, 2.75) is 43.6 Å². The maximum absolute atomic E-state index is 12.5. The summed E-state index contributed by atoms with van der Waals surface area (Å²) in [7, 11) is 1.63. The average molecular weight is 388 g/mol. The molecule has 0 aliphatic rings. The van der Waals surface area contributed by atoms with Crippen molar-refractivity contribution >= 4 is 17.9 Å². The van der Waals surface area contributed by atoms with Crippen molar-refractivity contribution < 1.29 is 14.3 Å². The zero-order valence-corrected chi connectivity index (χ0v) is 17.4. The first kappa shape index (κ1) is 21.3. The van der Waals surface area contributed by atoms with Crippen molar-refractivity contribution in [1.82, 2.24) is 4.90 Å². The highest BCUT2D eigenvalue weighted by Gasteiger charge is 2.22. The Kier molecular flexibility index (Phi) is 8.20. The minimum atomic E-state index is -0.518. The number of amides is 1. The van der Waals surface area contributed by atoms with E-state index in [9.17, 15) is 4.79 Å². The van der Waals surface area contributed by atoms with E-state index < -0.39 is 5.60 Å². The number of thioether (sulfide) groups is 1. The molecule has 2 aromatic carbocycles. The highest BCUT2D eigenvalue weighted by molar-refractivity contribution is 7.98. The summed E-state index contributed by atoms with van der Waals surface area (Å²) in [5, 5.41) is 0. The van der Waals surface area contributed by atoms with E-state index in [4.69, 9.17) is 9.47 Å². The number of methoxy groups -OCH3 is 1. The van der Waals surface area contributed by atoms with Gasteiger partial charge in [0.05, 0.1) is 6.61 Å². The summed E-state index contributed by atoms with van der Waals surface area (Å²) in [5.74, 6) is 0.920. The van der Waals surface area contributed by atoms with E-state index >= 15 is 0 Å². The van der Waals surface area contributed by atoms with Gasteiger partial charge in [0, 0.05) is 30.8 Å². The molecule has 0 N–H and O–H groups in total. The van der Waals surface area contributed by atoms with Crippen LogP contribution in [0.4, 0.5) is 4.79 Å². The number of hydrogen-bond acceptors (Lipinski definition) is 4. The highest BCUT2D eigenvalue weighted by Crippen LogP contribution is 2.24. The summed E-state index contributed by atoms with van der Waals surface area (Å²) >= 11 is 1.79. The third kappa shape index (κ3) is 8.06. The standard InChI is InChI=1S/C22H29NO3S/c1-22(2,3)26-21(24)23(13-14-25-4)16-19-11-8-12-20(15-19)27-17-18-9-6-5-7-10-18/h5-12,15H,13-14,16-17H2,1-4H3.